The molecule has 3 rings (SSSR count). The van der Waals surface area contributed by atoms with Gasteiger partial charge in [0.05, 0.1) is 7.11 Å². The van der Waals surface area contributed by atoms with Crippen LogP contribution in [0.2, 0.25) is 0 Å². The molecule has 3 N–H and O–H groups in total. The van der Waals surface area contributed by atoms with E-state index in [-0.39, 0.29) is 30.1 Å². The number of nitrogens with zero attached hydrogens (tertiary/aromatic N) is 2. The second kappa shape index (κ2) is 11.3. The third-order valence-electron chi connectivity index (χ3n) is 5.27. The van der Waals surface area contributed by atoms with Crippen LogP contribution >= 0.6 is 24.0 Å². The van der Waals surface area contributed by atoms with Crippen LogP contribution in [-0.4, -0.2) is 61.3 Å². The molecule has 1 aromatic heterocycles. The molecule has 0 spiro atoms. The number of H-pyrrole nitrogens is 1. The number of para-hydroxylation sites is 1. The van der Waals surface area contributed by atoms with Gasteiger partial charge in [0.15, 0.2) is 5.96 Å². The molecule has 29 heavy (non-hydrogen) atoms. The van der Waals surface area contributed by atoms with Crippen LogP contribution in [0.3, 0.4) is 0 Å². The quantitative estimate of drug-likeness (QED) is 0.325. The smallest absolute Gasteiger partial charge is 0.409 e. The zero-order chi connectivity index (χ0) is 19.9. The first-order valence-corrected chi connectivity index (χ1v) is 10.1. The van der Waals surface area contributed by atoms with E-state index >= 15 is 0 Å². The van der Waals surface area contributed by atoms with Gasteiger partial charge >= 0.3 is 6.09 Å². The number of fused-ring (bicyclic) bond motifs is 1. The number of rotatable bonds is 5. The van der Waals surface area contributed by atoms with Crippen molar-refractivity contribution in [2.75, 3.05) is 33.3 Å². The summed E-state index contributed by atoms with van der Waals surface area (Å²) in [5.74, 6) is 0.843. The second-order valence-electron chi connectivity index (χ2n) is 7.20. The Morgan fingerprint density at radius 1 is 1.34 bits per heavy atom. The molecule has 160 valence electrons. The summed E-state index contributed by atoms with van der Waals surface area (Å²) in [5, 5.41) is 8.12. The molecule has 0 atom stereocenters. The van der Waals surface area contributed by atoms with E-state index in [9.17, 15) is 4.79 Å². The highest BCUT2D eigenvalue weighted by Gasteiger charge is 2.23. The molecule has 1 saturated heterocycles. The summed E-state index contributed by atoms with van der Waals surface area (Å²) in [6.07, 6.45) is 4.52. The van der Waals surface area contributed by atoms with Crippen molar-refractivity contribution in [2.24, 2.45) is 4.99 Å². The minimum atomic E-state index is -0.243. The molecule has 1 amide bonds. The van der Waals surface area contributed by atoms with Crippen LogP contribution < -0.4 is 10.6 Å². The highest BCUT2D eigenvalue weighted by molar-refractivity contribution is 14.0. The molecule has 2 heterocycles. The number of carbonyl (C=O) groups excluding carboxylic acids is 1. The van der Waals surface area contributed by atoms with Crippen LogP contribution in [0, 0.1) is 6.92 Å². The van der Waals surface area contributed by atoms with Gasteiger partial charge in [0.25, 0.3) is 0 Å². The molecular formula is C21H32IN5O2. The number of halogens is 1. The van der Waals surface area contributed by atoms with Gasteiger partial charge in [-0.1, -0.05) is 18.2 Å². The van der Waals surface area contributed by atoms with E-state index in [1.807, 2.05) is 0 Å². The van der Waals surface area contributed by atoms with Gasteiger partial charge in [0.1, 0.15) is 0 Å². The minimum Gasteiger partial charge on any atom is -0.453 e. The normalized spacial score (nSPS) is 15.1. The van der Waals surface area contributed by atoms with Crippen LogP contribution in [0.4, 0.5) is 4.79 Å². The van der Waals surface area contributed by atoms with Crippen molar-refractivity contribution in [1.82, 2.24) is 20.5 Å². The number of aryl methyl sites for hydroxylation is 1. The van der Waals surface area contributed by atoms with E-state index in [0.717, 1.165) is 38.3 Å². The number of nitrogens with one attached hydrogen (secondary N) is 3. The summed E-state index contributed by atoms with van der Waals surface area (Å²) < 4.78 is 4.80. The molecule has 1 aliphatic rings. The zero-order valence-electron chi connectivity index (χ0n) is 17.5. The Hall–Kier alpha value is -1.97. The number of aromatic nitrogens is 1. The number of methoxy groups -OCH3 is 1. The number of likely N-dealkylation sites (tertiary alicyclic amines) is 1. The van der Waals surface area contributed by atoms with Gasteiger partial charge in [-0.05, 0) is 44.2 Å². The maximum absolute atomic E-state index is 11.6. The van der Waals surface area contributed by atoms with Crippen molar-refractivity contribution >= 4 is 46.9 Å². The molecule has 0 unspecified atom stereocenters. The Labute approximate surface area is 189 Å². The lowest BCUT2D eigenvalue weighted by Crippen LogP contribution is -2.49. The largest absolute Gasteiger partial charge is 0.453 e. The summed E-state index contributed by atoms with van der Waals surface area (Å²) in [6.45, 7) is 7.15. The first-order chi connectivity index (χ1) is 13.6. The summed E-state index contributed by atoms with van der Waals surface area (Å²) >= 11 is 0. The van der Waals surface area contributed by atoms with Gasteiger partial charge in [-0.3, -0.25) is 4.99 Å². The fourth-order valence-corrected chi connectivity index (χ4v) is 3.71. The molecule has 7 nitrogen and oxygen atoms in total. The number of carbonyl (C=O) groups is 1. The van der Waals surface area contributed by atoms with Crippen molar-refractivity contribution in [2.45, 2.75) is 39.2 Å². The lowest BCUT2D eigenvalue weighted by atomic mass is 10.1. The van der Waals surface area contributed by atoms with Crippen LogP contribution in [-0.2, 0) is 11.2 Å². The molecular weight excluding hydrogens is 481 g/mol. The number of amides is 1. The van der Waals surface area contributed by atoms with Gasteiger partial charge in [-0.25, -0.2) is 4.79 Å². The Balaban J connectivity index is 0.00000300. The maximum atomic E-state index is 11.6. The topological polar surface area (TPSA) is 81.8 Å². The van der Waals surface area contributed by atoms with E-state index in [1.54, 1.807) is 4.90 Å². The monoisotopic (exact) mass is 513 g/mol. The van der Waals surface area contributed by atoms with Crippen LogP contribution in [0.25, 0.3) is 10.9 Å². The van der Waals surface area contributed by atoms with Crippen LogP contribution in [0.15, 0.2) is 29.4 Å². The fraction of sp³-hybridized carbons (Fsp3) is 0.524. The molecule has 0 saturated carbocycles. The summed E-state index contributed by atoms with van der Waals surface area (Å²) in [4.78, 5) is 21.5. The van der Waals surface area contributed by atoms with Crippen LogP contribution in [0.5, 0.6) is 0 Å². The van der Waals surface area contributed by atoms with Gasteiger partial charge in [-0.2, -0.15) is 0 Å². The Kier molecular flexibility index (Phi) is 9.06. The Bertz CT molecular complexity index is 828. The van der Waals surface area contributed by atoms with Crippen molar-refractivity contribution in [3.63, 3.8) is 0 Å². The molecule has 2 aromatic rings. The number of aliphatic imine (C=N–C) groups is 1. The SMILES string of the molecule is CCNC(=NCCc1c[nH]c2c(C)cccc12)NC1CCN(C(=O)OC)CC1.I. The molecule has 1 aliphatic heterocycles. The standard InChI is InChI=1S/C21H31N5O2.HI/c1-4-22-20(25-17-9-12-26(13-10-17)21(27)28-3)23-11-8-16-14-24-19-15(2)6-5-7-18(16)19;/h5-7,14,17,24H,4,8-13H2,1-3H3,(H2,22,23,25);1H. The zero-order valence-corrected chi connectivity index (χ0v) is 19.8. The molecule has 1 fully saturated rings. The number of aromatic amines is 1. The molecule has 1 aromatic carbocycles. The lowest BCUT2D eigenvalue weighted by Gasteiger charge is -2.32. The number of ether oxygens (including phenoxy) is 1. The number of hydrogen-bond donors (Lipinski definition) is 3. The maximum Gasteiger partial charge on any atom is 0.409 e. The highest BCUT2D eigenvalue weighted by Crippen LogP contribution is 2.21. The molecule has 0 radical (unpaired) electrons. The second-order valence-corrected chi connectivity index (χ2v) is 7.20. The minimum absolute atomic E-state index is 0. The Morgan fingerprint density at radius 2 is 2.10 bits per heavy atom. The predicted octanol–water partition coefficient (Wildman–Crippen LogP) is 3.42. The summed E-state index contributed by atoms with van der Waals surface area (Å²) in [5.41, 5.74) is 3.77. The van der Waals surface area contributed by atoms with Crippen molar-refractivity contribution in [3.8, 4) is 0 Å². The predicted molar refractivity (Wildman–Crippen MR) is 128 cm³/mol. The lowest BCUT2D eigenvalue weighted by molar-refractivity contribution is 0.111. The average molecular weight is 513 g/mol. The van der Waals surface area contributed by atoms with Gasteiger partial charge in [0, 0.05) is 49.3 Å². The highest BCUT2D eigenvalue weighted by atomic mass is 127. The molecule has 8 heteroatoms. The van der Waals surface area contributed by atoms with Crippen molar-refractivity contribution in [1.29, 1.82) is 0 Å². The van der Waals surface area contributed by atoms with E-state index in [1.165, 1.54) is 29.1 Å². The van der Waals surface area contributed by atoms with E-state index in [2.05, 4.69) is 53.9 Å². The van der Waals surface area contributed by atoms with Crippen molar-refractivity contribution < 1.29 is 9.53 Å². The average Bonchev–Trinajstić information content (AvgIpc) is 3.12. The fourth-order valence-electron chi connectivity index (χ4n) is 3.71. The van der Waals surface area contributed by atoms with E-state index in [4.69, 9.17) is 9.73 Å². The number of piperidine rings is 1. The number of guanidine groups is 1. The van der Waals surface area contributed by atoms with E-state index in [0.29, 0.717) is 19.1 Å². The van der Waals surface area contributed by atoms with E-state index < -0.39 is 0 Å². The van der Waals surface area contributed by atoms with Gasteiger partial charge in [-0.15, -0.1) is 24.0 Å². The van der Waals surface area contributed by atoms with Gasteiger partial charge in [0.2, 0.25) is 0 Å². The number of hydrogen-bond acceptors (Lipinski definition) is 3. The first-order valence-electron chi connectivity index (χ1n) is 10.1. The van der Waals surface area contributed by atoms with Gasteiger partial charge < -0.3 is 25.3 Å². The summed E-state index contributed by atoms with van der Waals surface area (Å²) in [6, 6.07) is 6.70. The molecule has 0 bridgehead atoms. The first kappa shape index (κ1) is 23.3. The third-order valence-corrected chi connectivity index (χ3v) is 5.27. The Morgan fingerprint density at radius 3 is 2.79 bits per heavy atom. The number of benzene rings is 1. The third kappa shape index (κ3) is 6.01. The van der Waals surface area contributed by atoms with Crippen LogP contribution in [0.1, 0.15) is 30.9 Å². The summed E-state index contributed by atoms with van der Waals surface area (Å²) in [7, 11) is 1.43. The van der Waals surface area contributed by atoms with Crippen molar-refractivity contribution in [3.05, 3.63) is 35.5 Å². The molecule has 0 aliphatic carbocycles.